The lowest BCUT2D eigenvalue weighted by Gasteiger charge is -2.31. The van der Waals surface area contributed by atoms with E-state index in [4.69, 9.17) is 0 Å². The highest BCUT2D eigenvalue weighted by atomic mass is 32.2. The molecule has 2 amide bonds. The molecule has 1 aliphatic carbocycles. The van der Waals surface area contributed by atoms with Crippen molar-refractivity contribution in [3.05, 3.63) is 65.5 Å². The summed E-state index contributed by atoms with van der Waals surface area (Å²) in [5.41, 5.74) is 2.02. The second-order valence-corrected chi connectivity index (χ2v) is 9.64. The van der Waals surface area contributed by atoms with E-state index in [1.165, 1.54) is 17.7 Å². The molecular formula is C26H33FN2O2S. The number of hydrogen-bond donors (Lipinski definition) is 1. The van der Waals surface area contributed by atoms with Crippen molar-refractivity contribution in [2.45, 2.75) is 75.9 Å². The zero-order chi connectivity index (χ0) is 22.9. The molecule has 32 heavy (non-hydrogen) atoms. The van der Waals surface area contributed by atoms with Crippen LogP contribution < -0.4 is 5.32 Å². The average Bonchev–Trinajstić information content (AvgIpc) is 3.29. The Kier molecular flexibility index (Phi) is 9.15. The molecule has 1 N–H and O–H groups in total. The van der Waals surface area contributed by atoms with Crippen molar-refractivity contribution in [1.82, 2.24) is 10.2 Å². The molecule has 1 saturated carbocycles. The van der Waals surface area contributed by atoms with Crippen LogP contribution in [0.25, 0.3) is 0 Å². The van der Waals surface area contributed by atoms with Gasteiger partial charge in [-0.3, -0.25) is 9.59 Å². The number of amides is 2. The molecule has 0 radical (unpaired) electrons. The Morgan fingerprint density at radius 2 is 1.75 bits per heavy atom. The normalized spacial score (nSPS) is 14.8. The summed E-state index contributed by atoms with van der Waals surface area (Å²) < 4.78 is 13.4. The number of benzene rings is 2. The fraction of sp³-hybridized carbons (Fsp3) is 0.462. The molecule has 1 fully saturated rings. The topological polar surface area (TPSA) is 49.4 Å². The maximum atomic E-state index is 13.4. The van der Waals surface area contributed by atoms with E-state index in [2.05, 4.69) is 29.6 Å². The maximum absolute atomic E-state index is 13.4. The molecule has 3 rings (SSSR count). The van der Waals surface area contributed by atoms with Gasteiger partial charge in [0.2, 0.25) is 11.8 Å². The van der Waals surface area contributed by atoms with Gasteiger partial charge in [0.25, 0.3) is 0 Å². The number of carbonyl (C=O) groups is 2. The third kappa shape index (κ3) is 7.09. The number of hydrogen-bond acceptors (Lipinski definition) is 3. The van der Waals surface area contributed by atoms with Gasteiger partial charge in [-0.15, -0.1) is 11.8 Å². The van der Waals surface area contributed by atoms with Crippen LogP contribution in [0.2, 0.25) is 0 Å². The number of nitrogens with zero attached hydrogens (tertiary/aromatic N) is 1. The van der Waals surface area contributed by atoms with Crippen LogP contribution >= 0.6 is 11.8 Å². The second-order valence-electron chi connectivity index (χ2n) is 8.47. The fourth-order valence-corrected chi connectivity index (χ4v) is 4.95. The highest BCUT2D eigenvalue weighted by molar-refractivity contribution is 7.99. The number of nitrogens with one attached hydrogen (secondary N) is 1. The Hall–Kier alpha value is -2.34. The highest BCUT2D eigenvalue weighted by Crippen LogP contribution is 2.22. The molecule has 6 heteroatoms. The van der Waals surface area contributed by atoms with Crippen LogP contribution in [0.4, 0.5) is 4.39 Å². The SMILES string of the molecule is CCC(C(=O)NC1CCCC1)N(Cc1ccc(F)cc1)C(=O)CCSc1ccc(C)cc1. The summed E-state index contributed by atoms with van der Waals surface area (Å²) >= 11 is 1.64. The van der Waals surface area contributed by atoms with Crippen LogP contribution in [-0.2, 0) is 16.1 Å². The molecule has 0 aromatic heterocycles. The quantitative estimate of drug-likeness (QED) is 0.482. The van der Waals surface area contributed by atoms with E-state index in [0.29, 0.717) is 25.1 Å². The van der Waals surface area contributed by atoms with Crippen LogP contribution in [0.1, 0.15) is 56.6 Å². The zero-order valence-electron chi connectivity index (χ0n) is 19.0. The monoisotopic (exact) mass is 456 g/mol. The standard InChI is InChI=1S/C26H33FN2O2S/c1-3-24(26(31)28-22-6-4-5-7-22)29(18-20-10-12-21(27)13-11-20)25(30)16-17-32-23-14-8-19(2)9-15-23/h8-15,22,24H,3-7,16-18H2,1-2H3,(H,28,31). The van der Waals surface area contributed by atoms with Crippen LogP contribution in [0.15, 0.2) is 53.4 Å². The van der Waals surface area contributed by atoms with Crippen molar-refractivity contribution >= 4 is 23.6 Å². The molecule has 2 aromatic carbocycles. The third-order valence-electron chi connectivity index (χ3n) is 5.96. The summed E-state index contributed by atoms with van der Waals surface area (Å²) in [4.78, 5) is 29.1. The van der Waals surface area contributed by atoms with Gasteiger partial charge >= 0.3 is 0 Å². The van der Waals surface area contributed by atoms with Crippen molar-refractivity contribution in [2.24, 2.45) is 0 Å². The minimum absolute atomic E-state index is 0.0534. The van der Waals surface area contributed by atoms with Gasteiger partial charge < -0.3 is 10.2 Å². The van der Waals surface area contributed by atoms with Gasteiger partial charge in [0, 0.05) is 29.7 Å². The van der Waals surface area contributed by atoms with E-state index in [9.17, 15) is 14.0 Å². The summed E-state index contributed by atoms with van der Waals surface area (Å²) in [6, 6.07) is 14.1. The van der Waals surface area contributed by atoms with Gasteiger partial charge in [0.15, 0.2) is 0 Å². The number of halogens is 1. The summed E-state index contributed by atoms with van der Waals surface area (Å²) in [6.45, 7) is 4.28. The lowest BCUT2D eigenvalue weighted by atomic mass is 10.1. The van der Waals surface area contributed by atoms with Crippen molar-refractivity contribution in [3.8, 4) is 0 Å². The molecule has 0 spiro atoms. The van der Waals surface area contributed by atoms with E-state index < -0.39 is 6.04 Å². The maximum Gasteiger partial charge on any atom is 0.243 e. The zero-order valence-corrected chi connectivity index (χ0v) is 19.8. The number of aryl methyl sites for hydroxylation is 1. The Bertz CT molecular complexity index is 880. The Morgan fingerprint density at radius 3 is 2.38 bits per heavy atom. The average molecular weight is 457 g/mol. The van der Waals surface area contributed by atoms with Crippen molar-refractivity contribution < 1.29 is 14.0 Å². The predicted molar refractivity (Wildman–Crippen MR) is 128 cm³/mol. The number of carbonyl (C=O) groups excluding carboxylic acids is 2. The second kappa shape index (κ2) is 12.0. The Labute approximate surface area is 195 Å². The third-order valence-corrected chi connectivity index (χ3v) is 6.97. The first-order chi connectivity index (χ1) is 15.5. The van der Waals surface area contributed by atoms with Gasteiger partial charge in [0.05, 0.1) is 0 Å². The molecule has 0 saturated heterocycles. The minimum Gasteiger partial charge on any atom is -0.352 e. The largest absolute Gasteiger partial charge is 0.352 e. The van der Waals surface area contributed by atoms with Gasteiger partial charge in [-0.1, -0.05) is 49.6 Å². The summed E-state index contributed by atoms with van der Waals surface area (Å²) in [7, 11) is 0. The van der Waals surface area contributed by atoms with Crippen molar-refractivity contribution in [2.75, 3.05) is 5.75 Å². The molecule has 4 nitrogen and oxygen atoms in total. The molecule has 2 aromatic rings. The molecule has 172 valence electrons. The van der Waals surface area contributed by atoms with E-state index in [1.54, 1.807) is 28.8 Å². The first-order valence-electron chi connectivity index (χ1n) is 11.5. The van der Waals surface area contributed by atoms with Crippen LogP contribution in [0, 0.1) is 12.7 Å². The molecule has 0 heterocycles. The number of thioether (sulfide) groups is 1. The summed E-state index contributed by atoms with van der Waals surface area (Å²) in [6.07, 6.45) is 5.15. The van der Waals surface area contributed by atoms with E-state index in [-0.39, 0.29) is 23.7 Å². The van der Waals surface area contributed by atoms with Crippen LogP contribution in [0.5, 0.6) is 0 Å². The summed E-state index contributed by atoms with van der Waals surface area (Å²) in [5, 5.41) is 3.15. The Balaban J connectivity index is 1.68. The molecule has 0 aliphatic heterocycles. The molecule has 1 aliphatic rings. The Morgan fingerprint density at radius 1 is 1.09 bits per heavy atom. The number of rotatable bonds is 10. The van der Waals surface area contributed by atoms with Gasteiger partial charge in [-0.25, -0.2) is 4.39 Å². The van der Waals surface area contributed by atoms with E-state index in [0.717, 1.165) is 36.1 Å². The van der Waals surface area contributed by atoms with Crippen molar-refractivity contribution in [3.63, 3.8) is 0 Å². The van der Waals surface area contributed by atoms with Crippen molar-refractivity contribution in [1.29, 1.82) is 0 Å². The van der Waals surface area contributed by atoms with Gasteiger partial charge in [0.1, 0.15) is 11.9 Å². The lowest BCUT2D eigenvalue weighted by molar-refractivity contribution is -0.141. The van der Waals surface area contributed by atoms with Crippen LogP contribution in [0.3, 0.4) is 0 Å². The molecule has 1 unspecified atom stereocenters. The highest BCUT2D eigenvalue weighted by Gasteiger charge is 2.30. The van der Waals surface area contributed by atoms with Crippen LogP contribution in [-0.4, -0.2) is 34.6 Å². The first kappa shape index (κ1) is 24.3. The molecule has 0 bridgehead atoms. The molecular weight excluding hydrogens is 423 g/mol. The molecule has 1 atom stereocenters. The first-order valence-corrected chi connectivity index (χ1v) is 12.5. The summed E-state index contributed by atoms with van der Waals surface area (Å²) in [5.74, 6) is 0.193. The van der Waals surface area contributed by atoms with E-state index in [1.807, 2.05) is 13.8 Å². The predicted octanol–water partition coefficient (Wildman–Crippen LogP) is 5.48. The van der Waals surface area contributed by atoms with E-state index >= 15 is 0 Å². The fourth-order valence-electron chi connectivity index (χ4n) is 4.11. The lowest BCUT2D eigenvalue weighted by Crippen LogP contribution is -2.51. The van der Waals surface area contributed by atoms with Gasteiger partial charge in [-0.2, -0.15) is 0 Å². The van der Waals surface area contributed by atoms with Gasteiger partial charge in [-0.05, 0) is 56.0 Å². The minimum atomic E-state index is -0.530. The smallest absolute Gasteiger partial charge is 0.243 e.